The average Bonchev–Trinajstić information content (AvgIpc) is 2.38. The summed E-state index contributed by atoms with van der Waals surface area (Å²) in [7, 11) is 0. The lowest BCUT2D eigenvalue weighted by Gasteiger charge is -2.04. The fourth-order valence-corrected chi connectivity index (χ4v) is 1.75. The molecule has 92 valence electrons. The summed E-state index contributed by atoms with van der Waals surface area (Å²) in [4.78, 5) is 0. The third-order valence-corrected chi connectivity index (χ3v) is 2.99. The molecular weight excluding hydrogens is 295 g/mol. The van der Waals surface area contributed by atoms with Crippen LogP contribution in [0.1, 0.15) is 12.5 Å². The SMILES string of the molecule is C/C(=N/Nc1ccc(Br)cc1)c1ccccc1F. The first-order valence-electron chi connectivity index (χ1n) is 5.47. The zero-order valence-electron chi connectivity index (χ0n) is 9.82. The first-order chi connectivity index (χ1) is 8.66. The van der Waals surface area contributed by atoms with Gasteiger partial charge < -0.3 is 0 Å². The molecule has 0 atom stereocenters. The topological polar surface area (TPSA) is 24.4 Å². The van der Waals surface area contributed by atoms with Gasteiger partial charge in [-0.3, -0.25) is 5.43 Å². The minimum Gasteiger partial charge on any atom is -0.278 e. The van der Waals surface area contributed by atoms with Crippen LogP contribution in [0.25, 0.3) is 0 Å². The monoisotopic (exact) mass is 306 g/mol. The van der Waals surface area contributed by atoms with Crippen LogP contribution >= 0.6 is 15.9 Å². The summed E-state index contributed by atoms with van der Waals surface area (Å²) in [5.41, 5.74) is 4.86. The summed E-state index contributed by atoms with van der Waals surface area (Å²) in [5.74, 6) is -0.267. The maximum Gasteiger partial charge on any atom is 0.132 e. The molecular formula is C14H12BrFN2. The Kier molecular flexibility index (Phi) is 4.10. The van der Waals surface area contributed by atoms with Crippen molar-refractivity contribution in [2.75, 3.05) is 5.43 Å². The average molecular weight is 307 g/mol. The Bertz CT molecular complexity index is 564. The van der Waals surface area contributed by atoms with Gasteiger partial charge in [-0.05, 0) is 37.3 Å². The zero-order valence-corrected chi connectivity index (χ0v) is 11.4. The third-order valence-electron chi connectivity index (χ3n) is 2.46. The van der Waals surface area contributed by atoms with E-state index in [0.29, 0.717) is 11.3 Å². The van der Waals surface area contributed by atoms with Crippen LogP contribution < -0.4 is 5.43 Å². The highest BCUT2D eigenvalue weighted by Gasteiger charge is 2.03. The van der Waals surface area contributed by atoms with Gasteiger partial charge in [-0.15, -0.1) is 0 Å². The molecule has 0 aliphatic heterocycles. The number of nitrogens with one attached hydrogen (secondary N) is 1. The molecule has 0 radical (unpaired) electrons. The van der Waals surface area contributed by atoms with Gasteiger partial charge in [0.25, 0.3) is 0 Å². The standard InChI is InChI=1S/C14H12BrFN2/c1-10(13-4-2-3-5-14(13)16)17-18-12-8-6-11(15)7-9-12/h2-9,18H,1H3/b17-10-. The van der Waals surface area contributed by atoms with Crippen molar-refractivity contribution in [3.05, 3.63) is 64.4 Å². The number of hydrogen-bond donors (Lipinski definition) is 1. The number of hydrogen-bond acceptors (Lipinski definition) is 2. The first-order valence-corrected chi connectivity index (χ1v) is 6.27. The molecule has 18 heavy (non-hydrogen) atoms. The molecule has 0 aliphatic carbocycles. The van der Waals surface area contributed by atoms with E-state index in [1.807, 2.05) is 24.3 Å². The van der Waals surface area contributed by atoms with Crippen molar-refractivity contribution in [1.29, 1.82) is 0 Å². The first kappa shape index (κ1) is 12.8. The molecule has 0 saturated heterocycles. The number of hydrazone groups is 1. The molecule has 0 spiro atoms. The van der Waals surface area contributed by atoms with E-state index >= 15 is 0 Å². The Morgan fingerprint density at radius 1 is 1.11 bits per heavy atom. The van der Waals surface area contributed by atoms with E-state index in [4.69, 9.17) is 0 Å². The molecule has 2 nitrogen and oxygen atoms in total. The van der Waals surface area contributed by atoms with Crippen molar-refractivity contribution in [3.8, 4) is 0 Å². The Balaban J connectivity index is 2.14. The number of rotatable bonds is 3. The second kappa shape index (κ2) is 5.78. The summed E-state index contributed by atoms with van der Waals surface area (Å²) in [6, 6.07) is 14.2. The van der Waals surface area contributed by atoms with Crippen LogP contribution in [-0.4, -0.2) is 5.71 Å². The lowest BCUT2D eigenvalue weighted by Crippen LogP contribution is -2.02. The normalized spacial score (nSPS) is 11.4. The van der Waals surface area contributed by atoms with Gasteiger partial charge in [-0.2, -0.15) is 5.10 Å². The fourth-order valence-electron chi connectivity index (χ4n) is 1.49. The van der Waals surface area contributed by atoms with E-state index in [-0.39, 0.29) is 5.82 Å². The summed E-state index contributed by atoms with van der Waals surface area (Å²) in [6.07, 6.45) is 0. The third kappa shape index (κ3) is 3.17. The second-order valence-electron chi connectivity index (χ2n) is 3.80. The van der Waals surface area contributed by atoms with Gasteiger partial charge >= 0.3 is 0 Å². The lowest BCUT2D eigenvalue weighted by molar-refractivity contribution is 0.625. The predicted molar refractivity (Wildman–Crippen MR) is 76.4 cm³/mol. The van der Waals surface area contributed by atoms with Crippen LogP contribution in [0.5, 0.6) is 0 Å². The van der Waals surface area contributed by atoms with E-state index in [1.165, 1.54) is 6.07 Å². The second-order valence-corrected chi connectivity index (χ2v) is 4.71. The van der Waals surface area contributed by atoms with E-state index in [9.17, 15) is 4.39 Å². The van der Waals surface area contributed by atoms with E-state index in [1.54, 1.807) is 25.1 Å². The van der Waals surface area contributed by atoms with Crippen LogP contribution in [0, 0.1) is 5.82 Å². The van der Waals surface area contributed by atoms with E-state index in [0.717, 1.165) is 10.2 Å². The van der Waals surface area contributed by atoms with Gasteiger partial charge in [0.15, 0.2) is 0 Å². The molecule has 2 aromatic carbocycles. The molecule has 1 N–H and O–H groups in total. The molecule has 2 rings (SSSR count). The maximum absolute atomic E-state index is 13.5. The predicted octanol–water partition coefficient (Wildman–Crippen LogP) is 4.42. The van der Waals surface area contributed by atoms with Crippen molar-refractivity contribution >= 4 is 27.3 Å². The highest BCUT2D eigenvalue weighted by atomic mass is 79.9. The highest BCUT2D eigenvalue weighted by molar-refractivity contribution is 9.10. The molecule has 0 unspecified atom stereocenters. The zero-order chi connectivity index (χ0) is 13.0. The van der Waals surface area contributed by atoms with Crippen molar-refractivity contribution in [3.63, 3.8) is 0 Å². The van der Waals surface area contributed by atoms with Gasteiger partial charge in [-0.1, -0.05) is 34.1 Å². The number of anilines is 1. The molecule has 0 bridgehead atoms. The minimum atomic E-state index is -0.267. The Morgan fingerprint density at radius 3 is 2.44 bits per heavy atom. The quantitative estimate of drug-likeness (QED) is 0.658. The van der Waals surface area contributed by atoms with Crippen LogP contribution in [-0.2, 0) is 0 Å². The molecule has 0 amide bonds. The Morgan fingerprint density at radius 2 is 1.78 bits per heavy atom. The van der Waals surface area contributed by atoms with Gasteiger partial charge in [0.1, 0.15) is 5.82 Å². The van der Waals surface area contributed by atoms with Crippen molar-refractivity contribution in [2.45, 2.75) is 6.92 Å². The maximum atomic E-state index is 13.5. The molecule has 0 aliphatic rings. The Labute approximate surface area is 114 Å². The smallest absolute Gasteiger partial charge is 0.132 e. The van der Waals surface area contributed by atoms with Gasteiger partial charge in [0.2, 0.25) is 0 Å². The van der Waals surface area contributed by atoms with Crippen molar-refractivity contribution in [2.24, 2.45) is 5.10 Å². The number of halogens is 2. The summed E-state index contributed by atoms with van der Waals surface area (Å²) in [6.45, 7) is 1.77. The van der Waals surface area contributed by atoms with Gasteiger partial charge in [0.05, 0.1) is 11.4 Å². The largest absolute Gasteiger partial charge is 0.278 e. The minimum absolute atomic E-state index is 0.267. The van der Waals surface area contributed by atoms with Crippen LogP contribution in [0.15, 0.2) is 58.1 Å². The van der Waals surface area contributed by atoms with Gasteiger partial charge in [-0.25, -0.2) is 4.39 Å². The summed E-state index contributed by atoms with van der Waals surface area (Å²) < 4.78 is 14.5. The van der Waals surface area contributed by atoms with Crippen LogP contribution in [0.3, 0.4) is 0 Å². The summed E-state index contributed by atoms with van der Waals surface area (Å²) in [5, 5.41) is 4.17. The molecule has 4 heteroatoms. The fraction of sp³-hybridized carbons (Fsp3) is 0.0714. The van der Waals surface area contributed by atoms with Gasteiger partial charge in [0, 0.05) is 10.0 Å². The molecule has 0 fully saturated rings. The molecule has 0 saturated carbocycles. The van der Waals surface area contributed by atoms with Crippen LogP contribution in [0.4, 0.5) is 10.1 Å². The van der Waals surface area contributed by atoms with E-state index in [2.05, 4.69) is 26.5 Å². The number of nitrogens with zero attached hydrogens (tertiary/aromatic N) is 1. The molecule has 0 heterocycles. The van der Waals surface area contributed by atoms with Crippen LogP contribution in [0.2, 0.25) is 0 Å². The van der Waals surface area contributed by atoms with Crippen molar-refractivity contribution in [1.82, 2.24) is 0 Å². The highest BCUT2D eigenvalue weighted by Crippen LogP contribution is 2.14. The number of benzene rings is 2. The lowest BCUT2D eigenvalue weighted by atomic mass is 10.1. The summed E-state index contributed by atoms with van der Waals surface area (Å²) >= 11 is 3.36. The molecule has 2 aromatic rings. The molecule has 0 aromatic heterocycles. The van der Waals surface area contributed by atoms with Crippen molar-refractivity contribution < 1.29 is 4.39 Å². The Hall–Kier alpha value is -1.68. The van der Waals surface area contributed by atoms with E-state index < -0.39 is 0 Å².